The van der Waals surface area contributed by atoms with Gasteiger partial charge in [0.2, 0.25) is 0 Å². The van der Waals surface area contributed by atoms with E-state index in [9.17, 15) is 9.90 Å². The Balaban J connectivity index is 2.03. The molecule has 1 unspecified atom stereocenters. The molecule has 0 bridgehead atoms. The number of benzene rings is 2. The van der Waals surface area contributed by atoms with Gasteiger partial charge in [-0.05, 0) is 56.3 Å². The van der Waals surface area contributed by atoms with E-state index in [0.29, 0.717) is 17.9 Å². The summed E-state index contributed by atoms with van der Waals surface area (Å²) in [5, 5.41) is 16.1. The zero-order chi connectivity index (χ0) is 20.9. The summed E-state index contributed by atoms with van der Waals surface area (Å²) >= 11 is 6.65. The van der Waals surface area contributed by atoms with Crippen LogP contribution in [0.5, 0.6) is 0 Å². The van der Waals surface area contributed by atoms with Crippen LogP contribution in [-0.2, 0) is 10.3 Å². The van der Waals surface area contributed by atoms with Crippen molar-refractivity contribution in [2.75, 3.05) is 19.7 Å². The number of aliphatic hydroxyl groups is 1. The predicted molar refractivity (Wildman–Crippen MR) is 116 cm³/mol. The molecule has 0 aliphatic carbocycles. The van der Waals surface area contributed by atoms with Crippen LogP contribution in [0.1, 0.15) is 36.8 Å². The van der Waals surface area contributed by atoms with E-state index in [1.165, 1.54) is 0 Å². The third kappa shape index (κ3) is 5.10. The number of nitrogens with one attached hydrogen (secondary N) is 1. The van der Waals surface area contributed by atoms with Gasteiger partial charge in [0.25, 0.3) is 0 Å². The summed E-state index contributed by atoms with van der Waals surface area (Å²) in [4.78, 5) is 10.9. The Morgan fingerprint density at radius 3 is 2.83 bits per heavy atom. The van der Waals surface area contributed by atoms with Gasteiger partial charge in [-0.15, -0.1) is 0 Å². The van der Waals surface area contributed by atoms with Crippen molar-refractivity contribution in [3.63, 3.8) is 0 Å². The Kier molecular flexibility index (Phi) is 7.17. The van der Waals surface area contributed by atoms with Gasteiger partial charge in [0.1, 0.15) is 0 Å². The maximum atomic E-state index is 12.0. The standard InChI is InChI=1S/C23H29ClN2O3/c1-16-6-2-7-17(14-16)21-19(9-3-10-20(21)24)23(28,11-5-13-29-22(25)27)18-8-4-12-26-15-18/h2-3,6-7,9-10,14,18,26,28H,4-5,8,11-13,15H2,1H3,(H2,25,27)/t18?,23-/m0/s1. The summed E-state index contributed by atoms with van der Waals surface area (Å²) in [7, 11) is 0. The van der Waals surface area contributed by atoms with Gasteiger partial charge >= 0.3 is 6.09 Å². The summed E-state index contributed by atoms with van der Waals surface area (Å²) in [6, 6.07) is 13.9. The highest BCUT2D eigenvalue weighted by Gasteiger charge is 2.40. The summed E-state index contributed by atoms with van der Waals surface area (Å²) in [5.41, 5.74) is 7.78. The maximum Gasteiger partial charge on any atom is 0.404 e. The van der Waals surface area contributed by atoms with Crippen LogP contribution >= 0.6 is 11.6 Å². The van der Waals surface area contributed by atoms with Gasteiger partial charge in [-0.25, -0.2) is 4.79 Å². The molecule has 156 valence electrons. The first-order valence-corrected chi connectivity index (χ1v) is 10.5. The molecule has 2 aromatic carbocycles. The van der Waals surface area contributed by atoms with E-state index in [-0.39, 0.29) is 12.5 Å². The smallest absolute Gasteiger partial charge is 0.404 e. The first-order chi connectivity index (χ1) is 13.9. The van der Waals surface area contributed by atoms with Crippen LogP contribution in [0, 0.1) is 12.8 Å². The molecule has 5 nitrogen and oxygen atoms in total. The van der Waals surface area contributed by atoms with Gasteiger partial charge in [-0.2, -0.15) is 0 Å². The number of nitrogens with two attached hydrogens (primary N) is 1. The van der Waals surface area contributed by atoms with Gasteiger partial charge in [-0.1, -0.05) is 53.6 Å². The van der Waals surface area contributed by atoms with Crippen molar-refractivity contribution in [1.29, 1.82) is 0 Å². The van der Waals surface area contributed by atoms with E-state index in [1.54, 1.807) is 0 Å². The monoisotopic (exact) mass is 416 g/mol. The van der Waals surface area contributed by atoms with Crippen molar-refractivity contribution in [1.82, 2.24) is 5.32 Å². The summed E-state index contributed by atoms with van der Waals surface area (Å²) < 4.78 is 4.90. The first kappa shape index (κ1) is 21.6. The summed E-state index contributed by atoms with van der Waals surface area (Å²) in [6.45, 7) is 3.90. The molecule has 3 rings (SSSR count). The molecule has 1 fully saturated rings. The van der Waals surface area contributed by atoms with Gasteiger partial charge in [0.05, 0.1) is 12.2 Å². The molecule has 0 saturated carbocycles. The Bertz CT molecular complexity index is 852. The minimum absolute atomic E-state index is 0.0341. The largest absolute Gasteiger partial charge is 0.450 e. The van der Waals surface area contributed by atoms with Crippen molar-refractivity contribution >= 4 is 17.7 Å². The van der Waals surface area contributed by atoms with Gasteiger partial charge in [0.15, 0.2) is 0 Å². The van der Waals surface area contributed by atoms with E-state index < -0.39 is 11.7 Å². The third-order valence-corrected chi connectivity index (χ3v) is 6.02. The van der Waals surface area contributed by atoms with Crippen LogP contribution in [0.2, 0.25) is 5.02 Å². The number of piperidine rings is 1. The average molecular weight is 417 g/mol. The maximum absolute atomic E-state index is 12.0. The van der Waals surface area contributed by atoms with Crippen LogP contribution in [-0.4, -0.2) is 30.9 Å². The van der Waals surface area contributed by atoms with Crippen LogP contribution in [0.4, 0.5) is 4.79 Å². The average Bonchev–Trinajstić information content (AvgIpc) is 2.71. The van der Waals surface area contributed by atoms with Crippen LogP contribution in [0.3, 0.4) is 0 Å². The molecule has 1 amide bonds. The topological polar surface area (TPSA) is 84.6 Å². The van der Waals surface area contributed by atoms with Crippen molar-refractivity contribution in [3.8, 4) is 11.1 Å². The van der Waals surface area contributed by atoms with Crippen molar-refractivity contribution < 1.29 is 14.6 Å². The molecule has 4 N–H and O–H groups in total. The number of aryl methyl sites for hydroxylation is 1. The number of hydrogen-bond acceptors (Lipinski definition) is 4. The quantitative estimate of drug-likeness (QED) is 0.585. The lowest BCUT2D eigenvalue weighted by Gasteiger charge is -2.40. The molecular weight excluding hydrogens is 388 g/mol. The van der Waals surface area contributed by atoms with E-state index in [4.69, 9.17) is 22.1 Å². The van der Waals surface area contributed by atoms with Crippen molar-refractivity contribution in [3.05, 3.63) is 58.6 Å². The lowest BCUT2D eigenvalue weighted by molar-refractivity contribution is -0.0446. The molecule has 29 heavy (non-hydrogen) atoms. The van der Waals surface area contributed by atoms with Crippen LogP contribution in [0.25, 0.3) is 11.1 Å². The number of amides is 1. The Labute approximate surface area is 177 Å². The molecule has 0 spiro atoms. The Morgan fingerprint density at radius 2 is 2.14 bits per heavy atom. The van der Waals surface area contributed by atoms with E-state index in [0.717, 1.165) is 48.2 Å². The number of carbonyl (C=O) groups is 1. The second kappa shape index (κ2) is 9.61. The number of rotatable bonds is 7. The number of hydrogen-bond donors (Lipinski definition) is 3. The van der Waals surface area contributed by atoms with Crippen molar-refractivity contribution in [2.24, 2.45) is 11.7 Å². The molecular formula is C23H29ClN2O3. The fourth-order valence-corrected chi connectivity index (χ4v) is 4.60. The first-order valence-electron chi connectivity index (χ1n) is 10.1. The SMILES string of the molecule is Cc1cccc(-c2c(Cl)cccc2[C@](O)(CCCOC(N)=O)C2CCCNC2)c1. The molecule has 0 aromatic heterocycles. The minimum Gasteiger partial charge on any atom is -0.450 e. The molecule has 2 atom stereocenters. The van der Waals surface area contributed by atoms with Gasteiger partial charge < -0.3 is 20.9 Å². The van der Waals surface area contributed by atoms with E-state index in [1.807, 2.05) is 43.3 Å². The highest BCUT2D eigenvalue weighted by atomic mass is 35.5. The Morgan fingerprint density at radius 1 is 1.34 bits per heavy atom. The third-order valence-electron chi connectivity index (χ3n) is 5.71. The lowest BCUT2D eigenvalue weighted by Crippen LogP contribution is -2.44. The van der Waals surface area contributed by atoms with Crippen LogP contribution in [0.15, 0.2) is 42.5 Å². The van der Waals surface area contributed by atoms with Gasteiger partial charge in [-0.3, -0.25) is 0 Å². The highest BCUT2D eigenvalue weighted by molar-refractivity contribution is 6.33. The molecule has 2 aromatic rings. The summed E-state index contributed by atoms with van der Waals surface area (Å²) in [5.74, 6) is 0.0341. The number of halogens is 1. The van der Waals surface area contributed by atoms with Crippen molar-refractivity contribution in [2.45, 2.75) is 38.2 Å². The summed E-state index contributed by atoms with van der Waals surface area (Å²) in [6.07, 6.45) is 2.09. The molecule has 6 heteroatoms. The van der Waals surface area contributed by atoms with Crippen LogP contribution < -0.4 is 11.1 Å². The fraction of sp³-hybridized carbons (Fsp3) is 0.435. The van der Waals surface area contributed by atoms with E-state index >= 15 is 0 Å². The normalized spacial score (nSPS) is 18.8. The number of carbonyl (C=O) groups excluding carboxylic acids is 1. The second-order valence-electron chi connectivity index (χ2n) is 7.77. The molecule has 1 aliphatic heterocycles. The number of primary amides is 1. The molecule has 1 saturated heterocycles. The number of ether oxygens (including phenoxy) is 1. The highest BCUT2D eigenvalue weighted by Crippen LogP contribution is 2.44. The lowest BCUT2D eigenvalue weighted by atomic mass is 9.72. The zero-order valence-corrected chi connectivity index (χ0v) is 17.5. The molecule has 1 aliphatic rings. The van der Waals surface area contributed by atoms with Gasteiger partial charge in [0, 0.05) is 23.0 Å². The fourth-order valence-electron chi connectivity index (χ4n) is 4.31. The predicted octanol–water partition coefficient (Wildman–Crippen LogP) is 4.38. The minimum atomic E-state index is -1.10. The zero-order valence-electron chi connectivity index (χ0n) is 16.8. The molecule has 0 radical (unpaired) electrons. The Hall–Kier alpha value is -2.08. The molecule has 1 heterocycles. The second-order valence-corrected chi connectivity index (χ2v) is 8.18. The van der Waals surface area contributed by atoms with E-state index in [2.05, 4.69) is 11.4 Å².